The standard InChI is InChI=1S/C20H25NO3S/c1-3-4-5-6-8-17-11-13-20(14-12-17)25(23,24)21-19-10-7-9-18(15-19)16(2)22/h7,9-15,21H,3-6,8H2,1-2H3. The largest absolute Gasteiger partial charge is 0.295 e. The van der Waals surface area contributed by atoms with Crippen molar-refractivity contribution in [3.8, 4) is 0 Å². The van der Waals surface area contributed by atoms with Crippen molar-refractivity contribution in [3.63, 3.8) is 0 Å². The van der Waals surface area contributed by atoms with Crippen molar-refractivity contribution in [2.24, 2.45) is 0 Å². The number of Topliss-reactive ketones (excluding diaryl/α,β-unsaturated/α-hetero) is 1. The molecule has 0 amide bonds. The monoisotopic (exact) mass is 359 g/mol. The number of hydrogen-bond donors (Lipinski definition) is 1. The third-order valence-corrected chi connectivity index (χ3v) is 5.47. The summed E-state index contributed by atoms with van der Waals surface area (Å²) in [5, 5.41) is 0. The molecule has 0 heterocycles. The molecule has 0 aliphatic carbocycles. The number of anilines is 1. The van der Waals surface area contributed by atoms with E-state index in [2.05, 4.69) is 11.6 Å². The summed E-state index contributed by atoms with van der Waals surface area (Å²) >= 11 is 0. The Morgan fingerprint density at radius 3 is 2.36 bits per heavy atom. The molecule has 2 aromatic rings. The zero-order valence-electron chi connectivity index (χ0n) is 14.8. The highest BCUT2D eigenvalue weighted by molar-refractivity contribution is 7.92. The molecule has 0 fully saturated rings. The van der Waals surface area contributed by atoms with Gasteiger partial charge in [-0.15, -0.1) is 0 Å². The van der Waals surface area contributed by atoms with E-state index in [4.69, 9.17) is 0 Å². The summed E-state index contributed by atoms with van der Waals surface area (Å²) in [6, 6.07) is 13.5. The van der Waals surface area contributed by atoms with Crippen molar-refractivity contribution in [3.05, 3.63) is 59.7 Å². The van der Waals surface area contributed by atoms with Gasteiger partial charge in [-0.1, -0.05) is 50.5 Å². The normalized spacial score (nSPS) is 11.3. The van der Waals surface area contributed by atoms with Crippen LogP contribution in [0.3, 0.4) is 0 Å². The Kier molecular flexibility index (Phi) is 6.76. The quantitative estimate of drug-likeness (QED) is 0.516. The van der Waals surface area contributed by atoms with Gasteiger partial charge in [-0.25, -0.2) is 8.42 Å². The summed E-state index contributed by atoms with van der Waals surface area (Å²) < 4.78 is 27.5. The summed E-state index contributed by atoms with van der Waals surface area (Å²) in [5.74, 6) is -0.103. The van der Waals surface area contributed by atoms with Crippen LogP contribution in [0, 0.1) is 0 Å². The number of hydrogen-bond acceptors (Lipinski definition) is 3. The zero-order chi connectivity index (χ0) is 18.3. The van der Waals surface area contributed by atoms with Gasteiger partial charge in [0, 0.05) is 11.3 Å². The van der Waals surface area contributed by atoms with E-state index >= 15 is 0 Å². The molecule has 0 radical (unpaired) electrons. The number of ketones is 1. The van der Waals surface area contributed by atoms with E-state index in [1.54, 1.807) is 36.4 Å². The Morgan fingerprint density at radius 1 is 1.00 bits per heavy atom. The Labute approximate surface area is 150 Å². The van der Waals surface area contributed by atoms with Crippen LogP contribution in [0.25, 0.3) is 0 Å². The first kappa shape index (κ1) is 19.2. The van der Waals surface area contributed by atoms with E-state index < -0.39 is 10.0 Å². The number of aryl methyl sites for hydroxylation is 1. The highest BCUT2D eigenvalue weighted by Gasteiger charge is 2.14. The molecule has 0 saturated heterocycles. The first-order chi connectivity index (χ1) is 11.9. The Balaban J connectivity index is 2.06. The van der Waals surface area contributed by atoms with Gasteiger partial charge in [0.25, 0.3) is 10.0 Å². The van der Waals surface area contributed by atoms with E-state index in [0.717, 1.165) is 18.4 Å². The predicted octanol–water partition coefficient (Wildman–Crippen LogP) is 4.81. The van der Waals surface area contributed by atoms with E-state index in [1.165, 1.54) is 26.2 Å². The van der Waals surface area contributed by atoms with Gasteiger partial charge in [0.2, 0.25) is 0 Å². The lowest BCUT2D eigenvalue weighted by atomic mass is 10.1. The number of unbranched alkanes of at least 4 members (excludes halogenated alkanes) is 3. The first-order valence-corrected chi connectivity index (χ1v) is 10.1. The fourth-order valence-corrected chi connectivity index (χ4v) is 3.66. The molecule has 5 heteroatoms. The number of carbonyl (C=O) groups excluding carboxylic acids is 1. The van der Waals surface area contributed by atoms with Crippen LogP contribution in [0.1, 0.15) is 55.5 Å². The Bertz CT molecular complexity index is 811. The third-order valence-electron chi connectivity index (χ3n) is 4.07. The van der Waals surface area contributed by atoms with Crippen LogP contribution >= 0.6 is 0 Å². The molecule has 4 nitrogen and oxygen atoms in total. The molecular formula is C20H25NO3S. The average Bonchev–Trinajstić information content (AvgIpc) is 2.59. The number of nitrogens with one attached hydrogen (secondary N) is 1. The summed E-state index contributed by atoms with van der Waals surface area (Å²) in [6.07, 6.45) is 5.72. The number of sulfonamides is 1. The third kappa shape index (κ3) is 5.71. The lowest BCUT2D eigenvalue weighted by Gasteiger charge is -2.10. The number of carbonyl (C=O) groups is 1. The maximum absolute atomic E-state index is 12.5. The van der Waals surface area contributed by atoms with Gasteiger partial charge in [0.15, 0.2) is 5.78 Å². The fourth-order valence-electron chi connectivity index (χ4n) is 2.61. The molecule has 1 N–H and O–H groups in total. The molecule has 0 atom stereocenters. The van der Waals surface area contributed by atoms with Crippen molar-refractivity contribution >= 4 is 21.5 Å². The van der Waals surface area contributed by atoms with Crippen LogP contribution in [0.5, 0.6) is 0 Å². The van der Waals surface area contributed by atoms with Gasteiger partial charge in [0.05, 0.1) is 4.90 Å². The maximum atomic E-state index is 12.5. The molecule has 0 aromatic heterocycles. The van der Waals surface area contributed by atoms with E-state index in [9.17, 15) is 13.2 Å². The van der Waals surface area contributed by atoms with Crippen LogP contribution in [0.2, 0.25) is 0 Å². The van der Waals surface area contributed by atoms with Crippen LogP contribution < -0.4 is 4.72 Å². The summed E-state index contributed by atoms with van der Waals surface area (Å²) in [7, 11) is -3.66. The number of rotatable bonds is 9. The second kappa shape index (κ2) is 8.81. The molecule has 134 valence electrons. The first-order valence-electron chi connectivity index (χ1n) is 8.65. The molecule has 0 aliphatic rings. The van der Waals surface area contributed by atoms with E-state index in [0.29, 0.717) is 11.3 Å². The molecule has 2 rings (SSSR count). The Morgan fingerprint density at radius 2 is 1.72 bits per heavy atom. The highest BCUT2D eigenvalue weighted by atomic mass is 32.2. The van der Waals surface area contributed by atoms with Crippen molar-refractivity contribution in [2.45, 2.75) is 50.8 Å². The van der Waals surface area contributed by atoms with Crippen molar-refractivity contribution in [1.82, 2.24) is 0 Å². The predicted molar refractivity (Wildman–Crippen MR) is 102 cm³/mol. The minimum atomic E-state index is -3.66. The van der Waals surface area contributed by atoms with Crippen LogP contribution in [0.4, 0.5) is 5.69 Å². The minimum Gasteiger partial charge on any atom is -0.295 e. The fraction of sp³-hybridized carbons (Fsp3) is 0.350. The SMILES string of the molecule is CCCCCCc1ccc(S(=O)(=O)Nc2cccc(C(C)=O)c2)cc1. The molecule has 2 aromatic carbocycles. The van der Waals surface area contributed by atoms with E-state index in [1.807, 2.05) is 12.1 Å². The molecule has 25 heavy (non-hydrogen) atoms. The number of benzene rings is 2. The molecule has 0 saturated carbocycles. The second-order valence-electron chi connectivity index (χ2n) is 6.20. The van der Waals surface area contributed by atoms with Crippen LogP contribution in [-0.2, 0) is 16.4 Å². The summed E-state index contributed by atoms with van der Waals surface area (Å²) in [4.78, 5) is 11.6. The lowest BCUT2D eigenvalue weighted by molar-refractivity contribution is 0.101. The van der Waals surface area contributed by atoms with Gasteiger partial charge in [-0.3, -0.25) is 9.52 Å². The lowest BCUT2D eigenvalue weighted by Crippen LogP contribution is -2.13. The molecule has 0 aliphatic heterocycles. The molecule has 0 spiro atoms. The van der Waals surface area contributed by atoms with E-state index in [-0.39, 0.29) is 10.7 Å². The molecule has 0 bridgehead atoms. The topological polar surface area (TPSA) is 63.2 Å². The maximum Gasteiger partial charge on any atom is 0.261 e. The van der Waals surface area contributed by atoms with Gasteiger partial charge in [-0.05, 0) is 49.6 Å². The molecule has 0 unspecified atom stereocenters. The average molecular weight is 359 g/mol. The molecular weight excluding hydrogens is 334 g/mol. The summed E-state index contributed by atoms with van der Waals surface area (Å²) in [6.45, 7) is 3.63. The summed E-state index contributed by atoms with van der Waals surface area (Å²) in [5.41, 5.74) is 2.01. The zero-order valence-corrected chi connectivity index (χ0v) is 15.6. The smallest absolute Gasteiger partial charge is 0.261 e. The minimum absolute atomic E-state index is 0.103. The van der Waals surface area contributed by atoms with Crippen LogP contribution in [-0.4, -0.2) is 14.2 Å². The van der Waals surface area contributed by atoms with Crippen molar-refractivity contribution in [2.75, 3.05) is 4.72 Å². The van der Waals surface area contributed by atoms with Crippen molar-refractivity contribution in [1.29, 1.82) is 0 Å². The Hall–Kier alpha value is -2.14. The van der Waals surface area contributed by atoms with Gasteiger partial charge < -0.3 is 0 Å². The second-order valence-corrected chi connectivity index (χ2v) is 7.88. The van der Waals surface area contributed by atoms with Gasteiger partial charge in [0.1, 0.15) is 0 Å². The highest BCUT2D eigenvalue weighted by Crippen LogP contribution is 2.19. The van der Waals surface area contributed by atoms with Gasteiger partial charge in [-0.2, -0.15) is 0 Å². The van der Waals surface area contributed by atoms with Gasteiger partial charge >= 0.3 is 0 Å². The van der Waals surface area contributed by atoms with Crippen LogP contribution in [0.15, 0.2) is 53.4 Å². The van der Waals surface area contributed by atoms with Crippen molar-refractivity contribution < 1.29 is 13.2 Å².